The van der Waals surface area contributed by atoms with Gasteiger partial charge in [-0.2, -0.15) is 5.10 Å². The van der Waals surface area contributed by atoms with E-state index in [4.69, 9.17) is 5.10 Å². The van der Waals surface area contributed by atoms with Crippen molar-refractivity contribution < 1.29 is 4.79 Å². The summed E-state index contributed by atoms with van der Waals surface area (Å²) in [6.45, 7) is 0.573. The molecule has 0 aliphatic heterocycles. The number of benzene rings is 3. The molecule has 28 heavy (non-hydrogen) atoms. The number of rotatable bonds is 6. The fraction of sp³-hybridized carbons (Fsp3) is 0.0833. The fourth-order valence-electron chi connectivity index (χ4n) is 3.11. The summed E-state index contributed by atoms with van der Waals surface area (Å²) in [6.07, 6.45) is 0.789. The highest BCUT2D eigenvalue weighted by molar-refractivity contribution is 5.94. The van der Waals surface area contributed by atoms with Crippen LogP contribution in [0.15, 0.2) is 97.1 Å². The minimum atomic E-state index is -0.130. The number of para-hydroxylation sites is 1. The van der Waals surface area contributed by atoms with E-state index in [2.05, 4.69) is 17.4 Å². The lowest BCUT2D eigenvalue weighted by molar-refractivity contribution is 0.0946. The molecule has 1 amide bonds. The van der Waals surface area contributed by atoms with Gasteiger partial charge in [-0.3, -0.25) is 4.79 Å². The molecule has 4 rings (SSSR count). The zero-order valence-corrected chi connectivity index (χ0v) is 15.5. The van der Waals surface area contributed by atoms with Gasteiger partial charge in [0.15, 0.2) is 0 Å². The number of nitrogens with zero attached hydrogens (tertiary/aromatic N) is 2. The van der Waals surface area contributed by atoms with Crippen molar-refractivity contribution in [3.8, 4) is 16.9 Å². The van der Waals surface area contributed by atoms with E-state index in [0.29, 0.717) is 12.2 Å². The Bertz CT molecular complexity index is 1040. The zero-order valence-electron chi connectivity index (χ0n) is 15.5. The van der Waals surface area contributed by atoms with Gasteiger partial charge in [-0.05, 0) is 30.2 Å². The van der Waals surface area contributed by atoms with Crippen LogP contribution in [0, 0.1) is 0 Å². The van der Waals surface area contributed by atoms with Gasteiger partial charge in [0.1, 0.15) is 5.69 Å². The minimum absolute atomic E-state index is 0.130. The fourth-order valence-corrected chi connectivity index (χ4v) is 3.11. The Morgan fingerprint density at radius 2 is 1.43 bits per heavy atom. The van der Waals surface area contributed by atoms with E-state index in [-0.39, 0.29) is 5.91 Å². The standard InChI is InChI=1S/C24H21N3O/c28-24(25-17-16-19-10-4-1-5-11-19)23-18-22(20-12-6-2-7-13-20)26-27(23)21-14-8-3-9-15-21/h1-15,18H,16-17H2,(H,25,28). The number of nitrogens with one attached hydrogen (secondary N) is 1. The van der Waals surface area contributed by atoms with Gasteiger partial charge in [-0.15, -0.1) is 0 Å². The van der Waals surface area contributed by atoms with Gasteiger partial charge in [-0.25, -0.2) is 4.68 Å². The van der Waals surface area contributed by atoms with Crippen molar-refractivity contribution in [2.45, 2.75) is 6.42 Å². The van der Waals surface area contributed by atoms with Crippen molar-refractivity contribution in [1.29, 1.82) is 0 Å². The van der Waals surface area contributed by atoms with Crippen LogP contribution in [0.4, 0.5) is 0 Å². The molecular formula is C24H21N3O. The number of carbonyl (C=O) groups excluding carboxylic acids is 1. The highest BCUT2D eigenvalue weighted by atomic mass is 16.2. The second-order valence-electron chi connectivity index (χ2n) is 6.52. The topological polar surface area (TPSA) is 46.9 Å². The lowest BCUT2D eigenvalue weighted by Gasteiger charge is -2.08. The number of hydrogen-bond donors (Lipinski definition) is 1. The van der Waals surface area contributed by atoms with Gasteiger partial charge in [0.25, 0.3) is 5.91 Å². The normalized spacial score (nSPS) is 10.6. The monoisotopic (exact) mass is 367 g/mol. The maximum atomic E-state index is 12.9. The molecule has 0 aliphatic rings. The van der Waals surface area contributed by atoms with Crippen LogP contribution in [0.25, 0.3) is 16.9 Å². The summed E-state index contributed by atoms with van der Waals surface area (Å²) >= 11 is 0. The van der Waals surface area contributed by atoms with Crippen molar-refractivity contribution in [1.82, 2.24) is 15.1 Å². The molecule has 1 heterocycles. The molecule has 0 saturated carbocycles. The molecule has 1 aromatic heterocycles. The first-order chi connectivity index (χ1) is 13.8. The van der Waals surface area contributed by atoms with Crippen molar-refractivity contribution >= 4 is 5.91 Å². The van der Waals surface area contributed by atoms with Crippen LogP contribution in [-0.4, -0.2) is 22.2 Å². The van der Waals surface area contributed by atoms with Crippen LogP contribution in [-0.2, 0) is 6.42 Å². The van der Waals surface area contributed by atoms with Crippen molar-refractivity contribution in [2.24, 2.45) is 0 Å². The molecule has 0 spiro atoms. The van der Waals surface area contributed by atoms with Crippen molar-refractivity contribution in [3.05, 3.63) is 108 Å². The summed E-state index contributed by atoms with van der Waals surface area (Å²) < 4.78 is 1.71. The van der Waals surface area contributed by atoms with Gasteiger partial charge in [0.2, 0.25) is 0 Å². The van der Waals surface area contributed by atoms with E-state index < -0.39 is 0 Å². The van der Waals surface area contributed by atoms with Crippen LogP contribution < -0.4 is 5.32 Å². The van der Waals surface area contributed by atoms with Crippen LogP contribution >= 0.6 is 0 Å². The molecule has 0 fully saturated rings. The summed E-state index contributed by atoms with van der Waals surface area (Å²) in [5.74, 6) is -0.130. The average Bonchev–Trinajstić information content (AvgIpc) is 3.21. The van der Waals surface area contributed by atoms with Crippen LogP contribution in [0.1, 0.15) is 16.1 Å². The molecule has 0 bridgehead atoms. The first kappa shape index (κ1) is 17.7. The van der Waals surface area contributed by atoms with E-state index in [1.165, 1.54) is 5.56 Å². The number of carbonyl (C=O) groups is 1. The highest BCUT2D eigenvalue weighted by Gasteiger charge is 2.17. The van der Waals surface area contributed by atoms with E-state index in [0.717, 1.165) is 23.4 Å². The summed E-state index contributed by atoms with van der Waals surface area (Å²) in [7, 11) is 0. The van der Waals surface area contributed by atoms with E-state index >= 15 is 0 Å². The molecule has 0 radical (unpaired) electrons. The Kier molecular flexibility index (Phi) is 5.29. The Morgan fingerprint density at radius 3 is 2.11 bits per heavy atom. The smallest absolute Gasteiger partial charge is 0.270 e. The maximum absolute atomic E-state index is 12.9. The third-order valence-corrected chi connectivity index (χ3v) is 4.55. The van der Waals surface area contributed by atoms with Crippen LogP contribution in [0.3, 0.4) is 0 Å². The summed E-state index contributed by atoms with van der Waals surface area (Å²) in [5, 5.41) is 7.72. The van der Waals surface area contributed by atoms with Crippen molar-refractivity contribution in [3.63, 3.8) is 0 Å². The lowest BCUT2D eigenvalue weighted by Crippen LogP contribution is -2.27. The summed E-state index contributed by atoms with van der Waals surface area (Å²) in [5.41, 5.74) is 4.34. The molecular weight excluding hydrogens is 346 g/mol. The highest BCUT2D eigenvalue weighted by Crippen LogP contribution is 2.21. The van der Waals surface area contributed by atoms with Gasteiger partial charge in [0.05, 0.1) is 11.4 Å². The Balaban J connectivity index is 1.59. The second kappa shape index (κ2) is 8.35. The maximum Gasteiger partial charge on any atom is 0.270 e. The molecule has 0 aliphatic carbocycles. The molecule has 138 valence electrons. The average molecular weight is 367 g/mol. The van der Waals surface area contributed by atoms with Gasteiger partial charge >= 0.3 is 0 Å². The first-order valence-corrected chi connectivity index (χ1v) is 9.34. The number of amides is 1. The number of hydrogen-bond acceptors (Lipinski definition) is 2. The van der Waals surface area contributed by atoms with E-state index in [9.17, 15) is 4.79 Å². The molecule has 4 nitrogen and oxygen atoms in total. The van der Waals surface area contributed by atoms with Crippen LogP contribution in [0.5, 0.6) is 0 Å². The molecule has 0 saturated heterocycles. The molecule has 1 N–H and O–H groups in total. The molecule has 3 aromatic carbocycles. The summed E-state index contributed by atoms with van der Waals surface area (Å²) in [4.78, 5) is 12.9. The predicted octanol–water partition coefficient (Wildman–Crippen LogP) is 4.51. The summed E-state index contributed by atoms with van der Waals surface area (Å²) in [6, 6.07) is 31.6. The second-order valence-corrected chi connectivity index (χ2v) is 6.52. The Morgan fingerprint density at radius 1 is 0.821 bits per heavy atom. The van der Waals surface area contributed by atoms with Crippen molar-refractivity contribution in [2.75, 3.05) is 6.54 Å². The number of aromatic nitrogens is 2. The van der Waals surface area contributed by atoms with Gasteiger partial charge < -0.3 is 5.32 Å². The third kappa shape index (κ3) is 4.01. The van der Waals surface area contributed by atoms with E-state index in [1.807, 2.05) is 84.9 Å². The van der Waals surface area contributed by atoms with Gasteiger partial charge in [-0.1, -0.05) is 78.9 Å². The van der Waals surface area contributed by atoms with Gasteiger partial charge in [0, 0.05) is 12.1 Å². The zero-order chi connectivity index (χ0) is 19.2. The van der Waals surface area contributed by atoms with Crippen LogP contribution in [0.2, 0.25) is 0 Å². The Labute approximate surface area is 164 Å². The minimum Gasteiger partial charge on any atom is -0.350 e. The molecule has 0 atom stereocenters. The third-order valence-electron chi connectivity index (χ3n) is 4.55. The predicted molar refractivity (Wildman–Crippen MR) is 111 cm³/mol. The molecule has 4 heteroatoms. The lowest BCUT2D eigenvalue weighted by atomic mass is 10.1. The van der Waals surface area contributed by atoms with E-state index in [1.54, 1.807) is 4.68 Å². The molecule has 0 unspecified atom stereocenters. The Hall–Kier alpha value is -3.66. The largest absolute Gasteiger partial charge is 0.350 e. The quantitative estimate of drug-likeness (QED) is 0.545. The SMILES string of the molecule is O=C(NCCc1ccccc1)c1cc(-c2ccccc2)nn1-c1ccccc1. The first-order valence-electron chi connectivity index (χ1n) is 9.34. The molecule has 4 aromatic rings.